The molecular weight excluding hydrogens is 510 g/mol. The van der Waals surface area contributed by atoms with Crippen LogP contribution in [0.5, 0.6) is 0 Å². The summed E-state index contributed by atoms with van der Waals surface area (Å²) in [5, 5.41) is 22.0. The van der Waals surface area contributed by atoms with Crippen molar-refractivity contribution in [3.05, 3.63) is 0 Å². The Labute approximate surface area is 229 Å². The van der Waals surface area contributed by atoms with Gasteiger partial charge in [-0.3, -0.25) is 9.59 Å². The van der Waals surface area contributed by atoms with Crippen LogP contribution in [-0.4, -0.2) is 59.3 Å². The molecule has 9 heteroatoms. The summed E-state index contributed by atoms with van der Waals surface area (Å²) >= 11 is 0. The van der Waals surface area contributed by atoms with Gasteiger partial charge in [-0.25, -0.2) is 0 Å². The summed E-state index contributed by atoms with van der Waals surface area (Å²) in [6.45, 7) is 3.08. The van der Waals surface area contributed by atoms with E-state index >= 15 is 0 Å². The lowest BCUT2D eigenvalue weighted by atomic mass is 9.48. The van der Waals surface area contributed by atoms with Crippen LogP contribution in [0.15, 0.2) is 0 Å². The number of halogens is 2. The van der Waals surface area contributed by atoms with Crippen molar-refractivity contribution in [2.24, 2.45) is 52.3 Å². The van der Waals surface area contributed by atoms with Crippen molar-refractivity contribution in [1.82, 2.24) is 0 Å². The maximum Gasteiger partial charge on any atom is 0.360 e. The number of carbonyl (C=O) groups is 2. The highest BCUT2D eigenvalue weighted by atomic mass is 19.3. The summed E-state index contributed by atoms with van der Waals surface area (Å²) in [5.41, 5.74) is -3.27. The number of hydrogen-bond donors (Lipinski definition) is 2. The predicted molar refractivity (Wildman–Crippen MR) is 135 cm³/mol. The topological polar surface area (TPSA) is 102 Å². The van der Waals surface area contributed by atoms with E-state index in [1.807, 2.05) is 0 Å². The first-order valence-electron chi connectivity index (χ1n) is 15.0. The van der Waals surface area contributed by atoms with Crippen molar-refractivity contribution in [2.75, 3.05) is 13.2 Å². The first-order chi connectivity index (χ1) is 18.2. The van der Waals surface area contributed by atoms with Gasteiger partial charge in [-0.15, -0.1) is 0 Å². The molecule has 0 aromatic heterocycles. The quantitative estimate of drug-likeness (QED) is 0.427. The minimum absolute atomic E-state index is 0.0207. The number of aliphatic hydroxyl groups excluding tert-OH is 1. The molecule has 0 aromatic carbocycles. The molecule has 39 heavy (non-hydrogen) atoms. The van der Waals surface area contributed by atoms with Crippen LogP contribution in [0.1, 0.15) is 85.0 Å². The highest BCUT2D eigenvalue weighted by Gasteiger charge is 2.61. The second kappa shape index (κ2) is 9.35. The van der Waals surface area contributed by atoms with Crippen molar-refractivity contribution >= 4 is 11.9 Å². The first kappa shape index (κ1) is 27.8. The van der Waals surface area contributed by atoms with E-state index in [1.54, 1.807) is 0 Å². The molecule has 0 aromatic rings. The second-order valence-corrected chi connectivity index (χ2v) is 15.2. The van der Waals surface area contributed by atoms with Crippen molar-refractivity contribution in [2.45, 2.75) is 109 Å². The van der Waals surface area contributed by atoms with Crippen molar-refractivity contribution in [3.63, 3.8) is 0 Å². The van der Waals surface area contributed by atoms with Gasteiger partial charge in [0.1, 0.15) is 6.61 Å². The molecule has 6 unspecified atom stereocenters. The zero-order chi connectivity index (χ0) is 28.0. The summed E-state index contributed by atoms with van der Waals surface area (Å²) in [5.74, 6) is -0.287. The lowest BCUT2D eigenvalue weighted by molar-refractivity contribution is -0.304. The summed E-state index contributed by atoms with van der Waals surface area (Å²) < 4.78 is 45.8. The van der Waals surface area contributed by atoms with Crippen LogP contribution in [-0.2, 0) is 23.8 Å². The van der Waals surface area contributed by atoms with Crippen LogP contribution >= 0.6 is 0 Å². The third-order valence-electron chi connectivity index (χ3n) is 11.2. The highest BCUT2D eigenvalue weighted by Crippen LogP contribution is 2.61. The molecule has 0 amide bonds. The van der Waals surface area contributed by atoms with E-state index in [0.717, 1.165) is 32.1 Å². The molecule has 8 bridgehead atoms. The van der Waals surface area contributed by atoms with Gasteiger partial charge >= 0.3 is 18.0 Å². The number of rotatable bonds is 8. The molecule has 6 atom stereocenters. The Morgan fingerprint density at radius 3 is 2.00 bits per heavy atom. The molecule has 2 N–H and O–H groups in total. The van der Waals surface area contributed by atoms with Gasteiger partial charge in [-0.05, 0) is 99.7 Å². The first-order valence-corrected chi connectivity index (χ1v) is 15.0. The number of hydrogen-bond acceptors (Lipinski definition) is 7. The van der Waals surface area contributed by atoms with Gasteiger partial charge < -0.3 is 24.4 Å². The Bertz CT molecular complexity index is 962. The normalized spacial score (nSPS) is 44.9. The molecule has 0 radical (unpaired) electrons. The van der Waals surface area contributed by atoms with Gasteiger partial charge in [-0.2, -0.15) is 8.78 Å². The molecule has 0 saturated heterocycles. The molecule has 0 aliphatic heterocycles. The minimum atomic E-state index is -3.49. The maximum atomic E-state index is 14.7. The van der Waals surface area contributed by atoms with Gasteiger partial charge in [0.05, 0.1) is 35.1 Å². The Balaban J connectivity index is 1.14. The van der Waals surface area contributed by atoms with Crippen LogP contribution in [0.3, 0.4) is 0 Å². The molecular formula is C30H44F2O7. The second-order valence-electron chi connectivity index (χ2n) is 15.2. The third-order valence-corrected chi connectivity index (χ3v) is 11.2. The lowest BCUT2D eigenvalue weighted by Gasteiger charge is -2.57. The van der Waals surface area contributed by atoms with Gasteiger partial charge in [0.25, 0.3) is 0 Å². The van der Waals surface area contributed by atoms with E-state index in [-0.39, 0.29) is 30.5 Å². The van der Waals surface area contributed by atoms with E-state index in [9.17, 15) is 28.6 Å². The van der Waals surface area contributed by atoms with E-state index < -0.39 is 53.1 Å². The lowest BCUT2D eigenvalue weighted by Crippen LogP contribution is -2.60. The Hall–Kier alpha value is -1.32. The minimum Gasteiger partial charge on any atom is -0.461 e. The molecule has 7 nitrogen and oxygen atoms in total. The number of aliphatic hydroxyl groups is 2. The number of alkyl halides is 2. The molecule has 8 rings (SSSR count). The summed E-state index contributed by atoms with van der Waals surface area (Å²) in [4.78, 5) is 26.9. The summed E-state index contributed by atoms with van der Waals surface area (Å²) in [7, 11) is 0. The fourth-order valence-electron chi connectivity index (χ4n) is 9.75. The van der Waals surface area contributed by atoms with Crippen LogP contribution in [0.2, 0.25) is 0 Å². The molecule has 0 heterocycles. The SMILES string of the molecule is CC(C)(C)C(F)(F)OCC(COC(=O)C12CC3CC(C1)C(O)C(C3)C2)OC(=O)C1C2CC3CC(C2)CC1(O)C3. The average Bonchev–Trinajstić information content (AvgIpc) is 2.81. The van der Waals surface area contributed by atoms with Crippen LogP contribution in [0.25, 0.3) is 0 Å². The van der Waals surface area contributed by atoms with Crippen molar-refractivity contribution < 1.29 is 42.8 Å². The highest BCUT2D eigenvalue weighted by molar-refractivity contribution is 5.78. The van der Waals surface area contributed by atoms with E-state index in [1.165, 1.54) is 20.8 Å². The van der Waals surface area contributed by atoms with Gasteiger partial charge in [-0.1, -0.05) is 20.8 Å². The zero-order valence-electron chi connectivity index (χ0n) is 23.4. The largest absolute Gasteiger partial charge is 0.461 e. The van der Waals surface area contributed by atoms with Crippen LogP contribution in [0.4, 0.5) is 8.78 Å². The third kappa shape index (κ3) is 4.82. The summed E-state index contributed by atoms with van der Waals surface area (Å²) in [6.07, 6.45) is 2.60. The van der Waals surface area contributed by atoms with Crippen molar-refractivity contribution in [3.8, 4) is 0 Å². The molecule has 8 saturated carbocycles. The van der Waals surface area contributed by atoms with E-state index in [2.05, 4.69) is 0 Å². The monoisotopic (exact) mass is 554 g/mol. The molecule has 8 aliphatic carbocycles. The van der Waals surface area contributed by atoms with Gasteiger partial charge in [0.2, 0.25) is 0 Å². The van der Waals surface area contributed by atoms with Crippen LogP contribution in [0, 0.1) is 52.3 Å². The zero-order valence-corrected chi connectivity index (χ0v) is 23.4. The van der Waals surface area contributed by atoms with Gasteiger partial charge in [0, 0.05) is 0 Å². The summed E-state index contributed by atoms with van der Waals surface area (Å²) in [6, 6.07) is 0. The Kier molecular flexibility index (Phi) is 6.67. The Morgan fingerprint density at radius 1 is 0.872 bits per heavy atom. The predicted octanol–water partition coefficient (Wildman–Crippen LogP) is 4.47. The fourth-order valence-corrected chi connectivity index (χ4v) is 9.75. The smallest absolute Gasteiger partial charge is 0.360 e. The molecule has 220 valence electrons. The number of ether oxygens (including phenoxy) is 3. The Morgan fingerprint density at radius 2 is 1.44 bits per heavy atom. The van der Waals surface area contributed by atoms with Crippen LogP contribution < -0.4 is 0 Å². The number of esters is 2. The number of carbonyl (C=O) groups excluding carboxylic acids is 2. The van der Waals surface area contributed by atoms with E-state index in [4.69, 9.17) is 14.2 Å². The molecule has 0 spiro atoms. The van der Waals surface area contributed by atoms with Gasteiger partial charge in [0.15, 0.2) is 6.10 Å². The van der Waals surface area contributed by atoms with E-state index in [0.29, 0.717) is 49.9 Å². The average molecular weight is 555 g/mol. The van der Waals surface area contributed by atoms with Crippen molar-refractivity contribution in [1.29, 1.82) is 0 Å². The molecule has 8 fully saturated rings. The maximum absolute atomic E-state index is 14.7. The fraction of sp³-hybridized carbons (Fsp3) is 0.933. The standard InChI is InChI=1S/C30H44F2O7/c1-27(2,3)30(31,32)38-15-22(39-25(34)23-19-5-16-4-17(6-19)11-29(23,36)10-16)14-37-26(35)28-9-18-7-20(12-28)24(33)21(8-18)13-28/h16-24,33,36H,4-15H2,1-3H3. The molecule has 8 aliphatic rings.